The van der Waals surface area contributed by atoms with Crippen LogP contribution in [0.4, 0.5) is 0 Å². The van der Waals surface area contributed by atoms with Gasteiger partial charge in [0, 0.05) is 26.2 Å². The molecule has 1 heterocycles. The van der Waals surface area contributed by atoms with Crippen LogP contribution in [0.25, 0.3) is 0 Å². The number of nitrogens with zero attached hydrogens (tertiary/aromatic N) is 2. The fourth-order valence-corrected chi connectivity index (χ4v) is 1.82. The highest BCUT2D eigenvalue weighted by Gasteiger charge is 2.12. The Labute approximate surface area is 99.9 Å². The van der Waals surface area contributed by atoms with Gasteiger partial charge in [0.05, 0.1) is 0 Å². The van der Waals surface area contributed by atoms with Gasteiger partial charge in [-0.25, -0.2) is 0 Å². The predicted octanol–water partition coefficient (Wildman–Crippen LogP) is 2.31. The van der Waals surface area contributed by atoms with E-state index in [1.165, 1.54) is 45.6 Å². The van der Waals surface area contributed by atoms with Crippen LogP contribution in [-0.2, 0) is 0 Å². The lowest BCUT2D eigenvalue weighted by Crippen LogP contribution is -2.44. The Morgan fingerprint density at radius 3 is 2.50 bits per heavy atom. The normalized spacial score (nSPS) is 19.8. The summed E-state index contributed by atoms with van der Waals surface area (Å²) >= 11 is 0. The van der Waals surface area contributed by atoms with Gasteiger partial charge in [-0.05, 0) is 26.4 Å². The molecular formula is C14H24N2. The highest BCUT2D eigenvalue weighted by molar-refractivity contribution is 5.08. The minimum Gasteiger partial charge on any atom is -0.304 e. The smallest absolute Gasteiger partial charge is 0.0110 e. The molecule has 1 fully saturated rings. The standard InChI is InChI=1S/C14H24N2/c1-3-4-5-6-7-8-9-10-16-13-11-15(2)12-14-16/h3-7H,1,8-14H2,2H3/b5-4-,7-6-. The average molecular weight is 220 g/mol. The molecule has 16 heavy (non-hydrogen) atoms. The predicted molar refractivity (Wildman–Crippen MR) is 71.6 cm³/mol. The van der Waals surface area contributed by atoms with Crippen molar-refractivity contribution in [2.24, 2.45) is 0 Å². The second-order valence-corrected chi connectivity index (χ2v) is 4.34. The van der Waals surface area contributed by atoms with Gasteiger partial charge >= 0.3 is 0 Å². The van der Waals surface area contributed by atoms with Gasteiger partial charge in [0.2, 0.25) is 0 Å². The molecule has 0 aromatic rings. The minimum absolute atomic E-state index is 1.17. The van der Waals surface area contributed by atoms with Crippen molar-refractivity contribution in [3.05, 3.63) is 37.0 Å². The van der Waals surface area contributed by atoms with Crippen LogP contribution in [0.1, 0.15) is 12.8 Å². The summed E-state index contributed by atoms with van der Waals surface area (Å²) in [6.45, 7) is 9.78. The lowest BCUT2D eigenvalue weighted by Gasteiger charge is -2.32. The molecule has 0 radical (unpaired) electrons. The number of hydrogen-bond acceptors (Lipinski definition) is 2. The molecule has 0 bridgehead atoms. The number of allylic oxidation sites excluding steroid dienone is 5. The van der Waals surface area contributed by atoms with E-state index in [0.29, 0.717) is 0 Å². The third-order valence-electron chi connectivity index (χ3n) is 2.94. The molecule has 1 aliphatic heterocycles. The van der Waals surface area contributed by atoms with E-state index in [0.717, 1.165) is 0 Å². The molecular weight excluding hydrogens is 196 g/mol. The SMILES string of the molecule is C=C/C=C\C=C/CCCN1CCN(C)CC1. The van der Waals surface area contributed by atoms with Crippen LogP contribution in [-0.4, -0.2) is 49.6 Å². The minimum atomic E-state index is 1.17. The van der Waals surface area contributed by atoms with Crippen molar-refractivity contribution in [3.63, 3.8) is 0 Å². The molecule has 0 unspecified atom stereocenters. The monoisotopic (exact) mass is 220 g/mol. The topological polar surface area (TPSA) is 6.48 Å². The molecule has 2 nitrogen and oxygen atoms in total. The number of piperazine rings is 1. The van der Waals surface area contributed by atoms with E-state index in [4.69, 9.17) is 0 Å². The Bertz CT molecular complexity index is 235. The number of likely N-dealkylation sites (N-methyl/N-ethyl adjacent to an activating group) is 1. The van der Waals surface area contributed by atoms with Crippen LogP contribution in [0.2, 0.25) is 0 Å². The lowest BCUT2D eigenvalue weighted by molar-refractivity contribution is 0.153. The molecule has 0 aromatic heterocycles. The molecule has 0 saturated carbocycles. The number of unbranched alkanes of at least 4 members (excludes halogenated alkanes) is 1. The van der Waals surface area contributed by atoms with Crippen LogP contribution >= 0.6 is 0 Å². The van der Waals surface area contributed by atoms with Gasteiger partial charge in [0.1, 0.15) is 0 Å². The van der Waals surface area contributed by atoms with Crippen molar-refractivity contribution in [3.8, 4) is 0 Å². The zero-order valence-corrected chi connectivity index (χ0v) is 10.4. The number of hydrogen-bond donors (Lipinski definition) is 0. The first-order chi connectivity index (χ1) is 7.83. The van der Waals surface area contributed by atoms with Gasteiger partial charge in [-0.2, -0.15) is 0 Å². The second kappa shape index (κ2) is 8.31. The van der Waals surface area contributed by atoms with E-state index in [9.17, 15) is 0 Å². The van der Waals surface area contributed by atoms with E-state index in [2.05, 4.69) is 35.6 Å². The summed E-state index contributed by atoms with van der Waals surface area (Å²) in [5.74, 6) is 0. The fourth-order valence-electron chi connectivity index (χ4n) is 1.82. The van der Waals surface area contributed by atoms with Crippen LogP contribution in [0.5, 0.6) is 0 Å². The average Bonchev–Trinajstić information content (AvgIpc) is 2.30. The van der Waals surface area contributed by atoms with E-state index < -0.39 is 0 Å². The van der Waals surface area contributed by atoms with Gasteiger partial charge in [0.25, 0.3) is 0 Å². The van der Waals surface area contributed by atoms with E-state index >= 15 is 0 Å². The largest absolute Gasteiger partial charge is 0.304 e. The first-order valence-electron chi connectivity index (χ1n) is 6.18. The molecule has 0 amide bonds. The molecule has 0 aliphatic carbocycles. The molecule has 1 aliphatic rings. The zero-order chi connectivity index (χ0) is 11.6. The van der Waals surface area contributed by atoms with Gasteiger partial charge in [0.15, 0.2) is 0 Å². The number of rotatable bonds is 6. The molecule has 1 saturated heterocycles. The van der Waals surface area contributed by atoms with Crippen molar-refractivity contribution in [2.45, 2.75) is 12.8 Å². The van der Waals surface area contributed by atoms with Crippen molar-refractivity contribution in [1.29, 1.82) is 0 Å². The maximum atomic E-state index is 3.63. The molecule has 1 rings (SSSR count). The fraction of sp³-hybridized carbons (Fsp3) is 0.571. The summed E-state index contributed by atoms with van der Waals surface area (Å²) < 4.78 is 0. The molecule has 0 atom stereocenters. The first kappa shape index (κ1) is 13.2. The van der Waals surface area contributed by atoms with Crippen LogP contribution in [0.15, 0.2) is 37.0 Å². The summed E-state index contributed by atoms with van der Waals surface area (Å²) in [6.07, 6.45) is 12.6. The molecule has 2 heteroatoms. The first-order valence-corrected chi connectivity index (χ1v) is 6.18. The second-order valence-electron chi connectivity index (χ2n) is 4.34. The maximum Gasteiger partial charge on any atom is 0.0110 e. The van der Waals surface area contributed by atoms with Crippen LogP contribution in [0, 0.1) is 0 Å². The van der Waals surface area contributed by atoms with Crippen molar-refractivity contribution in [2.75, 3.05) is 39.8 Å². The van der Waals surface area contributed by atoms with E-state index in [-0.39, 0.29) is 0 Å². The van der Waals surface area contributed by atoms with Gasteiger partial charge in [-0.3, -0.25) is 0 Å². The summed E-state index contributed by atoms with van der Waals surface area (Å²) in [6, 6.07) is 0. The third-order valence-corrected chi connectivity index (χ3v) is 2.94. The molecule has 0 spiro atoms. The summed E-state index contributed by atoms with van der Waals surface area (Å²) in [5, 5.41) is 0. The lowest BCUT2D eigenvalue weighted by atomic mass is 10.2. The molecule has 0 aromatic carbocycles. The third kappa shape index (κ3) is 5.89. The van der Waals surface area contributed by atoms with Crippen LogP contribution < -0.4 is 0 Å². The highest BCUT2D eigenvalue weighted by Crippen LogP contribution is 2.02. The Kier molecular flexibility index (Phi) is 6.86. The van der Waals surface area contributed by atoms with Crippen molar-refractivity contribution >= 4 is 0 Å². The Morgan fingerprint density at radius 2 is 1.81 bits per heavy atom. The van der Waals surface area contributed by atoms with Crippen molar-refractivity contribution < 1.29 is 0 Å². The Hall–Kier alpha value is -0.860. The summed E-state index contributed by atoms with van der Waals surface area (Å²) in [5.41, 5.74) is 0. The summed E-state index contributed by atoms with van der Waals surface area (Å²) in [4.78, 5) is 4.96. The quantitative estimate of drug-likeness (QED) is 0.500. The Balaban J connectivity index is 2.00. The van der Waals surface area contributed by atoms with Crippen LogP contribution in [0.3, 0.4) is 0 Å². The van der Waals surface area contributed by atoms with E-state index in [1.807, 2.05) is 12.2 Å². The van der Waals surface area contributed by atoms with Gasteiger partial charge in [-0.15, -0.1) is 0 Å². The zero-order valence-electron chi connectivity index (χ0n) is 10.4. The van der Waals surface area contributed by atoms with E-state index in [1.54, 1.807) is 6.08 Å². The highest BCUT2D eigenvalue weighted by atomic mass is 15.2. The Morgan fingerprint density at radius 1 is 1.06 bits per heavy atom. The summed E-state index contributed by atoms with van der Waals surface area (Å²) in [7, 11) is 2.20. The maximum absolute atomic E-state index is 3.63. The van der Waals surface area contributed by atoms with Gasteiger partial charge in [-0.1, -0.05) is 37.0 Å². The van der Waals surface area contributed by atoms with Gasteiger partial charge < -0.3 is 9.80 Å². The molecule has 90 valence electrons. The molecule has 0 N–H and O–H groups in total. The van der Waals surface area contributed by atoms with Crippen molar-refractivity contribution in [1.82, 2.24) is 9.80 Å².